The molecule has 778 valence electrons. The second kappa shape index (κ2) is 49.9. The van der Waals surface area contributed by atoms with Gasteiger partial charge in [-0.1, -0.05) is 243 Å². The van der Waals surface area contributed by atoms with Crippen molar-refractivity contribution in [2.24, 2.45) is 48.9 Å². The molecule has 0 saturated heterocycles. The van der Waals surface area contributed by atoms with Crippen LogP contribution in [-0.4, -0.2) is 202 Å². The topological polar surface area (TPSA) is 471 Å². The number of urea groups is 2. The van der Waals surface area contributed by atoms with Crippen LogP contribution in [0.4, 0.5) is 30.6 Å². The van der Waals surface area contributed by atoms with E-state index in [0.717, 1.165) is 129 Å². The SMILES string of the molecule is CNC(=O)C1CCC(CNC(=O)N/N=C/[C@H](CC(=O)OC(C)(C)C)N=C([O-])OCC2c3ccccc3-c3ccccc32)CC1.CNC(=O)C1CCC(CNC(=O)N/N=C/[C@H](CC(=O)OC(C)(C)C)NC(=O)CN2C(=O)C(NC(=O)OCC3c4ccccc4-c4ccccc43)N=C(c3ccccc3)c3ccccc32)CC1.O=C(O)CN1C(=O)C(NC(=O)OCC2c3ccccc3-c3ccccc32)N=C(c2ccccc2)c2ccccc21. The summed E-state index contributed by atoms with van der Waals surface area (Å²) < 4.78 is 28.0. The summed E-state index contributed by atoms with van der Waals surface area (Å²) in [5.41, 5.74) is 20.2. The lowest BCUT2D eigenvalue weighted by atomic mass is 9.81. The number of rotatable bonds is 30. The Hall–Kier alpha value is -17.0. The lowest BCUT2D eigenvalue weighted by Gasteiger charge is -2.27. The van der Waals surface area contributed by atoms with Crippen molar-refractivity contribution in [1.29, 1.82) is 0 Å². The highest BCUT2D eigenvalue weighted by molar-refractivity contribution is 6.22. The van der Waals surface area contributed by atoms with Crippen LogP contribution in [0, 0.1) is 23.7 Å². The third kappa shape index (κ3) is 27.8. The number of aliphatic carboxylic acids is 1. The average molecular weight is 2030 g/mol. The number of carboxylic acid groups (broad SMARTS) is 1. The van der Waals surface area contributed by atoms with Gasteiger partial charge in [0.05, 0.1) is 53.9 Å². The molecule has 10 N–H and O–H groups in total. The number of nitrogens with zero attached hydrogens (tertiary/aromatic N) is 7. The smallest absolute Gasteiger partial charge is 0.409 e. The number of amides is 11. The normalized spacial score (nSPS) is 17.9. The first-order valence-electron chi connectivity index (χ1n) is 50.2. The van der Waals surface area contributed by atoms with Gasteiger partial charge >= 0.3 is 42.2 Å². The number of carboxylic acids is 1. The molecule has 11 amide bonds. The molecule has 4 atom stereocenters. The van der Waals surface area contributed by atoms with Crippen molar-refractivity contribution in [3.05, 3.63) is 310 Å². The van der Waals surface area contributed by atoms with Gasteiger partial charge in [0.2, 0.25) is 30.1 Å². The summed E-state index contributed by atoms with van der Waals surface area (Å²) in [4.78, 5) is 171. The van der Waals surface area contributed by atoms with E-state index >= 15 is 0 Å². The number of carbonyl (C=O) groups excluding carboxylic acids is 11. The Morgan fingerprint density at radius 1 is 0.420 bits per heavy atom. The minimum absolute atomic E-state index is 0.000765. The number of esters is 2. The molecule has 0 bridgehead atoms. The molecule has 2 unspecified atom stereocenters. The lowest BCUT2D eigenvalue weighted by Crippen LogP contribution is -2.51. The van der Waals surface area contributed by atoms with Crippen LogP contribution < -0.4 is 63.0 Å². The van der Waals surface area contributed by atoms with Crippen LogP contribution in [-0.2, 0) is 62.0 Å². The molecule has 17 rings (SSSR count). The van der Waals surface area contributed by atoms with Crippen molar-refractivity contribution in [1.82, 2.24) is 48.1 Å². The zero-order chi connectivity index (χ0) is 106. The number of ether oxygens (including phenoxy) is 5. The van der Waals surface area contributed by atoms with Gasteiger partial charge in [-0.2, -0.15) is 10.2 Å². The molecule has 10 aromatic rings. The van der Waals surface area contributed by atoms with Crippen molar-refractivity contribution >= 4 is 113 Å². The molecule has 2 saturated carbocycles. The summed E-state index contributed by atoms with van der Waals surface area (Å²) in [6.07, 6.45) is 2.72. The fourth-order valence-electron chi connectivity index (χ4n) is 19.8. The van der Waals surface area contributed by atoms with Crippen LogP contribution in [0.1, 0.15) is 179 Å². The second-order valence-electron chi connectivity index (χ2n) is 39.3. The van der Waals surface area contributed by atoms with Gasteiger partial charge in [-0.05, 0) is 184 Å². The van der Waals surface area contributed by atoms with Crippen LogP contribution in [0.15, 0.2) is 280 Å². The second-order valence-corrected chi connectivity index (χ2v) is 39.3. The largest absolute Gasteiger partial charge is 0.599 e. The molecule has 2 aliphatic heterocycles. The van der Waals surface area contributed by atoms with Gasteiger partial charge < -0.3 is 60.5 Å². The number of anilines is 2. The number of hydrogen-bond acceptors (Lipinski definition) is 23. The number of carbonyl (C=O) groups is 12. The summed E-state index contributed by atoms with van der Waals surface area (Å²) in [5, 5.41) is 49.4. The Balaban J connectivity index is 0.000000175. The molecule has 2 fully saturated rings. The highest BCUT2D eigenvalue weighted by Gasteiger charge is 2.41. The van der Waals surface area contributed by atoms with Gasteiger partial charge in [0.15, 0.2) is 0 Å². The number of alkyl carbamates (subject to hydrolysis) is 2. The molecule has 35 nitrogen and oxygen atoms in total. The molecule has 0 aromatic heterocycles. The van der Waals surface area contributed by atoms with Crippen molar-refractivity contribution in [3.8, 4) is 33.4 Å². The Kier molecular flexibility index (Phi) is 35.7. The maximum Gasteiger partial charge on any atom is 0.409 e. The fraction of sp³-hybridized carbons (Fsp3) is 0.330. The molecule has 150 heavy (non-hydrogen) atoms. The van der Waals surface area contributed by atoms with E-state index in [0.29, 0.717) is 52.6 Å². The first kappa shape index (κ1) is 107. The minimum atomic E-state index is -1.51. The monoisotopic (exact) mass is 2030 g/mol. The van der Waals surface area contributed by atoms with Crippen molar-refractivity contribution < 1.29 is 91.4 Å². The maximum atomic E-state index is 14.6. The number of benzene rings is 10. The first-order valence-corrected chi connectivity index (χ1v) is 50.2. The standard InChI is InChI=1S/C50H56N8O8.C33H43N5O6.C32H25N3O5/c1-50(2,3)66-43(60)26-34(28-53-57-48(63)52-27-31-22-24-33(25-23-31)46(61)51-4)54-42(59)29-58-41-21-13-12-20-39(41)44(32-14-6-5-7-15-32)55-45(47(58)62)56-49(64)65-30-40-37-18-10-8-16-35(37)36-17-9-11-19-38(36)40;1-33(2,3)44-29(39)17-23(19-36-38-31(41)35-18-21-13-15-22(16-14-21)30(40)34-4)37-32(42)43-20-28-26-11-7-5-9-24(26)25-10-6-8-12-27(25)28;36-28(37)18-35-27-17-9-8-16-25(27)29(20-10-2-1-3-11-20)33-30(31(35)38)34-32(39)40-19-26-23-14-6-4-12-21(23)22-13-5-7-15-24(22)26/h5-21,28,31,33-34,40,45H,22-27,29-30H2,1-4H3,(H,51,61)(H,54,59)(H,56,64)(H2,52,57,63);5-12,19,21-23,28H,13-18,20H2,1-4H3,(H,34,40)(H,37,42)(H2,35,38,41);1-17,26,30H,18-19H2,(H,34,39)(H,36,37)/p-1/b53-28+;36-19+;/t31?,33?,34-,45?;21?,22?,23-;/m00./s1. The Bertz CT molecular complexity index is 6630. The number of para-hydroxylation sites is 2. The van der Waals surface area contributed by atoms with Gasteiger partial charge in [0.1, 0.15) is 43.6 Å². The van der Waals surface area contributed by atoms with Gasteiger partial charge in [0, 0.05) is 91.8 Å². The Morgan fingerprint density at radius 2 is 0.747 bits per heavy atom. The Morgan fingerprint density at radius 3 is 1.11 bits per heavy atom. The summed E-state index contributed by atoms with van der Waals surface area (Å²) in [7, 11) is 3.27. The number of hydrogen-bond donors (Lipinski definition) is 10. The Labute approximate surface area is 869 Å². The van der Waals surface area contributed by atoms with Gasteiger partial charge in [-0.15, -0.1) is 0 Å². The molecular formula is C115H123N16O19-. The molecule has 35 heteroatoms. The number of benzodiazepines with no additional fused rings is 2. The third-order valence-electron chi connectivity index (χ3n) is 26.7. The van der Waals surface area contributed by atoms with Crippen LogP contribution >= 0.6 is 0 Å². The molecule has 7 aliphatic rings. The summed E-state index contributed by atoms with van der Waals surface area (Å²) in [6, 6.07) is 77.1. The van der Waals surface area contributed by atoms with Crippen molar-refractivity contribution in [3.63, 3.8) is 0 Å². The maximum absolute atomic E-state index is 14.6. The van der Waals surface area contributed by atoms with E-state index in [1.54, 1.807) is 104 Å². The highest BCUT2D eigenvalue weighted by atomic mass is 16.6. The van der Waals surface area contributed by atoms with E-state index in [9.17, 15) is 67.7 Å². The number of nitrogens with one attached hydrogen (secondary N) is 9. The predicted octanol–water partition coefficient (Wildman–Crippen LogP) is 14.1. The van der Waals surface area contributed by atoms with E-state index in [1.165, 1.54) is 17.3 Å². The lowest BCUT2D eigenvalue weighted by molar-refractivity contribution is -0.251. The van der Waals surface area contributed by atoms with E-state index in [1.807, 2.05) is 194 Å². The number of hydrazone groups is 2. The summed E-state index contributed by atoms with van der Waals surface area (Å²) in [5.74, 6) is -4.41. The quantitative estimate of drug-likeness (QED) is 0.00657. The van der Waals surface area contributed by atoms with Crippen molar-refractivity contribution in [2.45, 2.75) is 159 Å². The van der Waals surface area contributed by atoms with Gasteiger partial charge in [-0.3, -0.25) is 63.8 Å². The highest BCUT2D eigenvalue weighted by Crippen LogP contribution is 2.48. The van der Waals surface area contributed by atoms with Gasteiger partial charge in [0.25, 0.3) is 11.8 Å². The molecule has 10 aromatic carbocycles. The van der Waals surface area contributed by atoms with Gasteiger partial charge in [-0.25, -0.2) is 40.0 Å². The van der Waals surface area contributed by atoms with Crippen LogP contribution in [0.2, 0.25) is 0 Å². The molecular weight excluding hydrogens is 1910 g/mol. The molecule has 0 radical (unpaired) electrons. The first-order chi connectivity index (χ1) is 72.3. The van der Waals surface area contributed by atoms with E-state index < -0.39 is 115 Å². The summed E-state index contributed by atoms with van der Waals surface area (Å²) >= 11 is 0. The zero-order valence-electron chi connectivity index (χ0n) is 84.7. The van der Waals surface area contributed by atoms with Crippen LogP contribution in [0.5, 0.6) is 0 Å². The molecule has 5 aliphatic carbocycles. The predicted molar refractivity (Wildman–Crippen MR) is 566 cm³/mol. The van der Waals surface area contributed by atoms with E-state index in [2.05, 4.69) is 80.4 Å². The molecule has 0 spiro atoms. The van der Waals surface area contributed by atoms with Crippen LogP contribution in [0.25, 0.3) is 33.4 Å². The molecule has 2 heterocycles. The third-order valence-corrected chi connectivity index (χ3v) is 26.7. The minimum Gasteiger partial charge on any atom is -0.599 e. The zero-order valence-corrected chi connectivity index (χ0v) is 84.7. The summed E-state index contributed by atoms with van der Waals surface area (Å²) in [6.45, 7) is 10.2. The van der Waals surface area contributed by atoms with Crippen molar-refractivity contribution in [2.75, 3.05) is 69.9 Å². The van der Waals surface area contributed by atoms with E-state index in [4.69, 9.17) is 28.7 Å². The number of aliphatic imine (C=N–C) groups is 3. The van der Waals surface area contributed by atoms with E-state index in [-0.39, 0.29) is 85.9 Å². The van der Waals surface area contributed by atoms with Crippen LogP contribution in [0.3, 0.4) is 0 Å². The average Bonchev–Trinajstić information content (AvgIpc) is 1.62. The fourth-order valence-corrected chi connectivity index (χ4v) is 19.8. The number of fused-ring (bicyclic) bond motifs is 11.